The number of rotatable bonds is 7. The molecule has 0 radical (unpaired) electrons. The molecule has 1 heterocycles. The molecule has 0 atom stereocenters. The number of carbonyl (C=O) groups is 5. The van der Waals surface area contributed by atoms with Crippen LogP contribution in [0.1, 0.15) is 47.8 Å². The highest BCUT2D eigenvalue weighted by molar-refractivity contribution is 6.34. The second kappa shape index (κ2) is 10.4. The number of benzene rings is 3. The van der Waals surface area contributed by atoms with Gasteiger partial charge in [-0.1, -0.05) is 29.8 Å². The van der Waals surface area contributed by atoms with Crippen molar-refractivity contribution in [2.24, 2.45) is 0 Å². The van der Waals surface area contributed by atoms with Crippen LogP contribution in [0.15, 0.2) is 60.7 Å². The van der Waals surface area contributed by atoms with E-state index in [1.54, 1.807) is 24.3 Å². The van der Waals surface area contributed by atoms with E-state index in [1.807, 2.05) is 32.9 Å². The molecule has 0 saturated heterocycles. The fraction of sp³-hybridized carbons (Fsp3) is 0.179. The smallest absolute Gasteiger partial charge is 0.338 e. The summed E-state index contributed by atoms with van der Waals surface area (Å²) < 4.78 is 5.02. The van der Waals surface area contributed by atoms with Gasteiger partial charge in [0.05, 0.1) is 28.9 Å². The molecule has 4 amide bonds. The van der Waals surface area contributed by atoms with Gasteiger partial charge in [0, 0.05) is 5.69 Å². The largest absolute Gasteiger partial charge is 0.452 e. The molecule has 0 spiro atoms. The maximum absolute atomic E-state index is 12.6. The minimum atomic E-state index is -0.764. The number of aryl methyl sites for hydroxylation is 3. The Labute approximate surface area is 213 Å². The van der Waals surface area contributed by atoms with Crippen molar-refractivity contribution in [3.05, 3.63) is 94.0 Å². The Morgan fingerprint density at radius 3 is 1.95 bits per heavy atom. The van der Waals surface area contributed by atoms with E-state index in [2.05, 4.69) is 10.6 Å². The Balaban J connectivity index is 1.27. The zero-order valence-electron chi connectivity index (χ0n) is 20.6. The Kier molecular flexibility index (Phi) is 7.15. The lowest BCUT2D eigenvalue weighted by molar-refractivity contribution is -0.126. The number of esters is 1. The van der Waals surface area contributed by atoms with Gasteiger partial charge >= 0.3 is 5.97 Å². The standard InChI is InChI=1S/C28H25N3O6/c1-16-12-17(2)25(18(3)13-16)30-23(32)14-29-24(33)15-37-28(36)19-8-10-20(11-9-19)31-26(34)21-6-4-5-7-22(21)27(31)35/h4-13H,14-15H2,1-3H3,(H,29,33)(H,30,32). The highest BCUT2D eigenvalue weighted by atomic mass is 16.5. The van der Waals surface area contributed by atoms with Gasteiger partial charge < -0.3 is 15.4 Å². The molecule has 37 heavy (non-hydrogen) atoms. The summed E-state index contributed by atoms with van der Waals surface area (Å²) in [7, 11) is 0. The van der Waals surface area contributed by atoms with Gasteiger partial charge in [-0.15, -0.1) is 0 Å². The van der Waals surface area contributed by atoms with Crippen LogP contribution in [0.4, 0.5) is 11.4 Å². The number of amides is 4. The number of ether oxygens (including phenoxy) is 1. The van der Waals surface area contributed by atoms with E-state index in [-0.39, 0.29) is 12.1 Å². The second-order valence-corrected chi connectivity index (χ2v) is 8.71. The first kappa shape index (κ1) is 25.3. The first-order chi connectivity index (χ1) is 17.7. The average Bonchev–Trinajstić information content (AvgIpc) is 3.13. The molecule has 9 heteroatoms. The number of hydrogen-bond donors (Lipinski definition) is 2. The summed E-state index contributed by atoms with van der Waals surface area (Å²) in [6, 6.07) is 16.1. The molecular formula is C28H25N3O6. The Bertz CT molecular complexity index is 1370. The zero-order chi connectivity index (χ0) is 26.7. The summed E-state index contributed by atoms with van der Waals surface area (Å²) in [6.45, 7) is 4.89. The molecule has 9 nitrogen and oxygen atoms in total. The summed E-state index contributed by atoms with van der Waals surface area (Å²) in [5.74, 6) is -2.69. The Hall–Kier alpha value is -4.79. The fourth-order valence-corrected chi connectivity index (χ4v) is 4.18. The Morgan fingerprint density at radius 2 is 1.38 bits per heavy atom. The molecular weight excluding hydrogens is 474 g/mol. The van der Waals surface area contributed by atoms with Crippen LogP contribution >= 0.6 is 0 Å². The molecule has 3 aromatic carbocycles. The summed E-state index contributed by atoms with van der Waals surface area (Å²) in [6.07, 6.45) is 0. The van der Waals surface area contributed by atoms with E-state index in [1.165, 1.54) is 24.3 Å². The third kappa shape index (κ3) is 5.40. The first-order valence-corrected chi connectivity index (χ1v) is 11.5. The maximum Gasteiger partial charge on any atom is 0.338 e. The maximum atomic E-state index is 12.6. The molecule has 2 N–H and O–H groups in total. The molecule has 0 saturated carbocycles. The normalized spacial score (nSPS) is 12.2. The topological polar surface area (TPSA) is 122 Å². The van der Waals surface area contributed by atoms with Crippen LogP contribution in [0, 0.1) is 20.8 Å². The van der Waals surface area contributed by atoms with Crippen molar-refractivity contribution in [3.63, 3.8) is 0 Å². The van der Waals surface area contributed by atoms with Crippen LogP contribution in [0.3, 0.4) is 0 Å². The Morgan fingerprint density at radius 1 is 0.811 bits per heavy atom. The first-order valence-electron chi connectivity index (χ1n) is 11.5. The molecule has 4 rings (SSSR count). The summed E-state index contributed by atoms with van der Waals surface area (Å²) in [4.78, 5) is 62.9. The minimum absolute atomic E-state index is 0.135. The third-order valence-electron chi connectivity index (χ3n) is 5.88. The number of nitrogens with zero attached hydrogens (tertiary/aromatic N) is 1. The highest BCUT2D eigenvalue weighted by Crippen LogP contribution is 2.28. The fourth-order valence-electron chi connectivity index (χ4n) is 4.18. The number of anilines is 2. The van der Waals surface area contributed by atoms with Crippen LogP contribution < -0.4 is 15.5 Å². The van der Waals surface area contributed by atoms with Crippen LogP contribution in [0.25, 0.3) is 0 Å². The van der Waals surface area contributed by atoms with Gasteiger partial charge in [-0.05, 0) is 68.3 Å². The SMILES string of the molecule is Cc1cc(C)c(NC(=O)CNC(=O)COC(=O)c2ccc(N3C(=O)c4ccccc4C3=O)cc2)c(C)c1. The molecule has 1 aliphatic rings. The van der Waals surface area contributed by atoms with E-state index in [0.29, 0.717) is 22.5 Å². The lowest BCUT2D eigenvalue weighted by atomic mass is 10.1. The third-order valence-corrected chi connectivity index (χ3v) is 5.88. The molecule has 3 aromatic rings. The number of fused-ring (bicyclic) bond motifs is 1. The predicted octanol–water partition coefficient (Wildman–Crippen LogP) is 3.32. The van der Waals surface area contributed by atoms with Gasteiger partial charge in [0.15, 0.2) is 6.61 Å². The average molecular weight is 500 g/mol. The van der Waals surface area contributed by atoms with Gasteiger partial charge in [0.2, 0.25) is 5.91 Å². The predicted molar refractivity (Wildman–Crippen MR) is 137 cm³/mol. The van der Waals surface area contributed by atoms with Gasteiger partial charge in [-0.3, -0.25) is 19.2 Å². The van der Waals surface area contributed by atoms with Gasteiger partial charge in [0.25, 0.3) is 17.7 Å². The number of nitrogens with one attached hydrogen (secondary N) is 2. The monoisotopic (exact) mass is 499 g/mol. The zero-order valence-corrected chi connectivity index (χ0v) is 20.6. The van der Waals surface area contributed by atoms with Crippen molar-refractivity contribution in [2.45, 2.75) is 20.8 Å². The number of imide groups is 1. The molecule has 0 bridgehead atoms. The van der Waals surface area contributed by atoms with Gasteiger partial charge in [-0.2, -0.15) is 0 Å². The van der Waals surface area contributed by atoms with E-state index in [4.69, 9.17) is 4.74 Å². The lowest BCUT2D eigenvalue weighted by Crippen LogP contribution is -2.35. The van der Waals surface area contributed by atoms with E-state index >= 15 is 0 Å². The second-order valence-electron chi connectivity index (χ2n) is 8.71. The lowest BCUT2D eigenvalue weighted by Gasteiger charge is -2.14. The molecule has 0 aliphatic carbocycles. The summed E-state index contributed by atoms with van der Waals surface area (Å²) >= 11 is 0. The molecule has 0 aromatic heterocycles. The van der Waals surface area contributed by atoms with Crippen molar-refractivity contribution < 1.29 is 28.7 Å². The van der Waals surface area contributed by atoms with E-state index in [0.717, 1.165) is 21.6 Å². The van der Waals surface area contributed by atoms with E-state index in [9.17, 15) is 24.0 Å². The molecule has 188 valence electrons. The van der Waals surface area contributed by atoms with Crippen molar-refractivity contribution in [3.8, 4) is 0 Å². The van der Waals surface area contributed by atoms with Crippen LogP contribution in [0.2, 0.25) is 0 Å². The molecule has 0 fully saturated rings. The van der Waals surface area contributed by atoms with E-state index < -0.39 is 36.2 Å². The van der Waals surface area contributed by atoms with Crippen LogP contribution in [0.5, 0.6) is 0 Å². The highest BCUT2D eigenvalue weighted by Gasteiger charge is 2.36. The van der Waals surface area contributed by atoms with Crippen LogP contribution in [-0.2, 0) is 14.3 Å². The van der Waals surface area contributed by atoms with Crippen LogP contribution in [-0.4, -0.2) is 42.7 Å². The van der Waals surface area contributed by atoms with Crippen molar-refractivity contribution in [1.29, 1.82) is 0 Å². The van der Waals surface area contributed by atoms with Crippen molar-refractivity contribution >= 4 is 41.0 Å². The van der Waals surface area contributed by atoms with Gasteiger partial charge in [-0.25, -0.2) is 9.69 Å². The van der Waals surface area contributed by atoms with Crippen molar-refractivity contribution in [2.75, 3.05) is 23.4 Å². The quantitative estimate of drug-likeness (QED) is 0.380. The summed E-state index contributed by atoms with van der Waals surface area (Å²) in [5, 5.41) is 5.19. The molecule has 0 unspecified atom stereocenters. The number of hydrogen-bond acceptors (Lipinski definition) is 6. The van der Waals surface area contributed by atoms with Gasteiger partial charge in [0.1, 0.15) is 0 Å². The summed E-state index contributed by atoms with van der Waals surface area (Å²) in [5.41, 5.74) is 4.70. The van der Waals surface area contributed by atoms with Crippen molar-refractivity contribution in [1.82, 2.24) is 5.32 Å². The molecule has 1 aliphatic heterocycles. The number of carbonyl (C=O) groups excluding carboxylic acids is 5. The minimum Gasteiger partial charge on any atom is -0.452 e.